The van der Waals surface area contributed by atoms with E-state index >= 15 is 0 Å². The summed E-state index contributed by atoms with van der Waals surface area (Å²) in [5, 5.41) is 12.5. The highest BCUT2D eigenvalue weighted by molar-refractivity contribution is 5.92. The molecule has 33 heavy (non-hydrogen) atoms. The van der Waals surface area contributed by atoms with Gasteiger partial charge in [0.15, 0.2) is 5.82 Å². The van der Waals surface area contributed by atoms with E-state index in [1.165, 1.54) is 43.4 Å². The number of rotatable bonds is 6. The summed E-state index contributed by atoms with van der Waals surface area (Å²) in [5.74, 6) is 0.630. The van der Waals surface area contributed by atoms with Gasteiger partial charge in [-0.3, -0.25) is 4.79 Å². The molecule has 0 spiro atoms. The lowest BCUT2D eigenvalue weighted by Gasteiger charge is -2.22. The van der Waals surface area contributed by atoms with Crippen LogP contribution in [-0.2, 0) is 37.1 Å². The molecule has 0 aliphatic heterocycles. The quantitative estimate of drug-likeness (QED) is 0.572. The second-order valence-electron chi connectivity index (χ2n) is 9.17. The number of carbonyl (C=O) groups excluding carboxylic acids is 1. The maximum Gasteiger partial charge on any atom is 0.229 e. The smallest absolute Gasteiger partial charge is 0.229 e. The van der Waals surface area contributed by atoms with E-state index in [1.807, 2.05) is 12.1 Å². The normalized spacial score (nSPS) is 15.2. The van der Waals surface area contributed by atoms with E-state index in [0.717, 1.165) is 53.0 Å². The average molecular weight is 446 g/mol. The Morgan fingerprint density at radius 1 is 1.03 bits per heavy atom. The highest BCUT2D eigenvalue weighted by atomic mass is 19.1. The Labute approximate surface area is 193 Å². The molecule has 0 bridgehead atoms. The minimum atomic E-state index is -0.315. The topological polar surface area (TPSA) is 75.1 Å². The lowest BCUT2D eigenvalue weighted by molar-refractivity contribution is -0.115. The summed E-state index contributed by atoms with van der Waals surface area (Å²) in [6.07, 6.45) is 7.37. The molecule has 5 nitrogen and oxygen atoms in total. The molecule has 5 rings (SSSR count). The van der Waals surface area contributed by atoms with E-state index in [2.05, 4.69) is 11.4 Å². The van der Waals surface area contributed by atoms with Crippen LogP contribution in [-0.4, -0.2) is 21.0 Å². The van der Waals surface area contributed by atoms with Crippen LogP contribution in [0.5, 0.6) is 0 Å². The number of hydrogen-bond acceptors (Lipinski definition) is 4. The van der Waals surface area contributed by atoms with Crippen LogP contribution >= 0.6 is 0 Å². The van der Waals surface area contributed by atoms with Gasteiger partial charge in [-0.2, -0.15) is 0 Å². The first-order valence-corrected chi connectivity index (χ1v) is 11.8. The van der Waals surface area contributed by atoms with E-state index in [4.69, 9.17) is 9.97 Å². The number of aliphatic hydroxyl groups excluding tert-OH is 1. The number of hydrogen-bond donors (Lipinski definition) is 2. The summed E-state index contributed by atoms with van der Waals surface area (Å²) in [4.78, 5) is 22.7. The first-order valence-electron chi connectivity index (χ1n) is 11.8. The molecule has 1 saturated carbocycles. The summed E-state index contributed by atoms with van der Waals surface area (Å²) in [6, 6.07) is 12.0. The summed E-state index contributed by atoms with van der Waals surface area (Å²) in [7, 11) is 0. The van der Waals surface area contributed by atoms with Gasteiger partial charge < -0.3 is 10.4 Å². The number of carbonyl (C=O) groups is 1. The molecule has 1 fully saturated rings. The number of anilines is 1. The van der Waals surface area contributed by atoms with Crippen LogP contribution in [0.4, 0.5) is 10.2 Å². The molecule has 2 aliphatic rings. The maximum atomic E-state index is 13.2. The molecule has 0 atom stereocenters. The van der Waals surface area contributed by atoms with Gasteiger partial charge in [-0.05, 0) is 54.0 Å². The third-order valence-corrected chi connectivity index (χ3v) is 6.77. The fraction of sp³-hybridized carbons (Fsp3) is 0.370. The molecule has 0 unspecified atom stereocenters. The Bertz CT molecular complexity index is 1170. The number of nitrogens with zero attached hydrogens (tertiary/aromatic N) is 2. The molecular weight excluding hydrogens is 417 g/mol. The third-order valence-electron chi connectivity index (χ3n) is 6.77. The van der Waals surface area contributed by atoms with Crippen molar-refractivity contribution in [1.82, 2.24) is 9.97 Å². The van der Waals surface area contributed by atoms with Crippen LogP contribution in [0, 0.1) is 11.7 Å². The lowest BCUT2D eigenvalue weighted by Crippen LogP contribution is -2.20. The van der Waals surface area contributed by atoms with Crippen molar-refractivity contribution in [2.45, 2.75) is 58.0 Å². The fourth-order valence-electron chi connectivity index (χ4n) is 5.03. The molecule has 170 valence electrons. The molecule has 1 aromatic heterocycles. The number of benzene rings is 2. The zero-order valence-corrected chi connectivity index (χ0v) is 18.6. The van der Waals surface area contributed by atoms with Crippen molar-refractivity contribution in [1.29, 1.82) is 0 Å². The standard InChI is InChI=1S/C27H28FN3O2/c28-21-9-5-18(6-10-21)15-25(33)31-27-24(14-17-3-1-2-4-17)29-26-22-11-7-19(16-32)13-20(22)8-12-23(26)30-27/h5-7,9-11,13,17,32H,1-4,8,12,14-16H2,(H,30,31,33). The van der Waals surface area contributed by atoms with E-state index < -0.39 is 0 Å². The number of amides is 1. The molecule has 6 heteroatoms. The number of aliphatic hydroxyl groups is 1. The van der Waals surface area contributed by atoms with Crippen molar-refractivity contribution in [3.05, 3.63) is 76.4 Å². The molecule has 2 aromatic carbocycles. The molecule has 2 aliphatic carbocycles. The first kappa shape index (κ1) is 21.7. The SMILES string of the molecule is O=C(Cc1ccc(F)cc1)Nc1nc2c(nc1CC1CCCC1)-c1ccc(CO)cc1CC2. The second-order valence-corrected chi connectivity index (χ2v) is 9.17. The van der Waals surface area contributed by atoms with Crippen LogP contribution in [0.1, 0.15) is 53.8 Å². The monoisotopic (exact) mass is 445 g/mol. The Balaban J connectivity index is 1.46. The van der Waals surface area contributed by atoms with Crippen molar-refractivity contribution < 1.29 is 14.3 Å². The van der Waals surface area contributed by atoms with Gasteiger partial charge in [0.05, 0.1) is 30.1 Å². The van der Waals surface area contributed by atoms with Gasteiger partial charge in [-0.25, -0.2) is 14.4 Å². The van der Waals surface area contributed by atoms with E-state index in [1.54, 1.807) is 12.1 Å². The molecule has 2 N–H and O–H groups in total. The molecule has 1 heterocycles. The lowest BCUT2D eigenvalue weighted by atomic mass is 9.90. The number of aryl methyl sites for hydroxylation is 2. The van der Waals surface area contributed by atoms with Crippen LogP contribution < -0.4 is 5.32 Å². The van der Waals surface area contributed by atoms with Crippen molar-refractivity contribution >= 4 is 11.7 Å². The van der Waals surface area contributed by atoms with Gasteiger partial charge in [0.1, 0.15) is 5.82 Å². The van der Waals surface area contributed by atoms with Crippen LogP contribution in [0.3, 0.4) is 0 Å². The Morgan fingerprint density at radius 2 is 1.79 bits per heavy atom. The highest BCUT2D eigenvalue weighted by Gasteiger charge is 2.25. The minimum Gasteiger partial charge on any atom is -0.392 e. The van der Waals surface area contributed by atoms with Gasteiger partial charge in [0.2, 0.25) is 5.91 Å². The predicted octanol–water partition coefficient (Wildman–Crippen LogP) is 4.79. The maximum absolute atomic E-state index is 13.2. The van der Waals surface area contributed by atoms with Crippen molar-refractivity contribution in [3.8, 4) is 11.3 Å². The highest BCUT2D eigenvalue weighted by Crippen LogP contribution is 2.35. The average Bonchev–Trinajstić information content (AvgIpc) is 3.33. The van der Waals surface area contributed by atoms with E-state index in [-0.39, 0.29) is 24.8 Å². The van der Waals surface area contributed by atoms with Crippen LogP contribution in [0.25, 0.3) is 11.3 Å². The number of aromatic nitrogens is 2. The van der Waals surface area contributed by atoms with E-state index in [9.17, 15) is 14.3 Å². The summed E-state index contributed by atoms with van der Waals surface area (Å²) in [6.45, 7) is 0.0256. The first-order chi connectivity index (χ1) is 16.1. The Kier molecular flexibility index (Phi) is 6.18. The largest absolute Gasteiger partial charge is 0.392 e. The summed E-state index contributed by atoms with van der Waals surface area (Å²) in [5.41, 5.74) is 6.54. The van der Waals surface area contributed by atoms with Gasteiger partial charge in [0.25, 0.3) is 0 Å². The van der Waals surface area contributed by atoms with Gasteiger partial charge in [0, 0.05) is 5.56 Å². The zero-order chi connectivity index (χ0) is 22.8. The Morgan fingerprint density at radius 3 is 2.55 bits per heavy atom. The number of fused-ring (bicyclic) bond motifs is 3. The van der Waals surface area contributed by atoms with Crippen LogP contribution in [0.2, 0.25) is 0 Å². The molecular formula is C27H28FN3O2. The minimum absolute atomic E-state index is 0.0256. The van der Waals surface area contributed by atoms with Crippen molar-refractivity contribution in [2.24, 2.45) is 5.92 Å². The second kappa shape index (κ2) is 9.40. The molecule has 0 radical (unpaired) electrons. The predicted molar refractivity (Wildman–Crippen MR) is 125 cm³/mol. The van der Waals surface area contributed by atoms with Gasteiger partial charge in [-0.15, -0.1) is 0 Å². The number of nitrogens with one attached hydrogen (secondary N) is 1. The Hall–Kier alpha value is -3.12. The van der Waals surface area contributed by atoms with Crippen molar-refractivity contribution in [3.63, 3.8) is 0 Å². The van der Waals surface area contributed by atoms with E-state index in [0.29, 0.717) is 11.7 Å². The molecule has 1 amide bonds. The van der Waals surface area contributed by atoms with Crippen LogP contribution in [0.15, 0.2) is 42.5 Å². The number of halogens is 1. The molecule has 3 aromatic rings. The molecule has 0 saturated heterocycles. The summed E-state index contributed by atoms with van der Waals surface area (Å²) >= 11 is 0. The van der Waals surface area contributed by atoms with Gasteiger partial charge >= 0.3 is 0 Å². The zero-order valence-electron chi connectivity index (χ0n) is 18.6. The summed E-state index contributed by atoms with van der Waals surface area (Å²) < 4.78 is 13.2. The van der Waals surface area contributed by atoms with Crippen molar-refractivity contribution in [2.75, 3.05) is 5.32 Å². The fourth-order valence-corrected chi connectivity index (χ4v) is 5.03. The van der Waals surface area contributed by atoms with Gasteiger partial charge in [-0.1, -0.05) is 56.0 Å². The third kappa shape index (κ3) is 4.81.